The van der Waals surface area contributed by atoms with Crippen LogP contribution in [0.25, 0.3) is 0 Å². The largest absolute Gasteiger partial charge is 0.478 e. The molecule has 6 N–H and O–H groups in total. The molecule has 6 heteroatoms. The van der Waals surface area contributed by atoms with Gasteiger partial charge in [-0.15, -0.1) is 0 Å². The highest BCUT2D eigenvalue weighted by atomic mass is 16.4. The van der Waals surface area contributed by atoms with E-state index in [4.69, 9.17) is 16.6 Å². The normalized spacial score (nSPS) is 10.3. The number of hydrogen-bond acceptors (Lipinski definition) is 4. The number of carboxylic acids is 2. The van der Waals surface area contributed by atoms with E-state index < -0.39 is 11.9 Å². The van der Waals surface area contributed by atoms with Crippen molar-refractivity contribution >= 4 is 23.3 Å². The minimum Gasteiger partial charge on any atom is -0.478 e. The molecule has 108 valence electrons. The van der Waals surface area contributed by atoms with Gasteiger partial charge in [0.25, 0.3) is 0 Å². The van der Waals surface area contributed by atoms with Crippen molar-refractivity contribution in [3.63, 3.8) is 0 Å². The van der Waals surface area contributed by atoms with Gasteiger partial charge >= 0.3 is 11.9 Å². The summed E-state index contributed by atoms with van der Waals surface area (Å²) in [5.41, 5.74) is 13.0. The summed E-state index contributed by atoms with van der Waals surface area (Å²) in [5.74, 6) is -2.20. The van der Waals surface area contributed by atoms with E-state index in [9.17, 15) is 14.7 Å². The van der Waals surface area contributed by atoms with Crippen molar-refractivity contribution in [1.29, 1.82) is 0 Å². The monoisotopic (exact) mass is 286 g/mol. The molecule has 2 aromatic carbocycles. The number of aromatic carboxylic acids is 2. The quantitative estimate of drug-likeness (QED) is 0.635. The summed E-state index contributed by atoms with van der Waals surface area (Å²) < 4.78 is 0. The maximum Gasteiger partial charge on any atom is 0.337 e. The number of nitrogen functional groups attached to an aromatic ring is 2. The number of hydrogen-bond donors (Lipinski definition) is 4. The van der Waals surface area contributed by atoms with Crippen LogP contribution in [0.15, 0.2) is 36.4 Å². The lowest BCUT2D eigenvalue weighted by atomic mass is 9.97. The van der Waals surface area contributed by atoms with Crippen LogP contribution >= 0.6 is 0 Å². The van der Waals surface area contributed by atoms with Gasteiger partial charge in [-0.25, -0.2) is 9.59 Å². The lowest BCUT2D eigenvalue weighted by Crippen LogP contribution is -2.06. The summed E-state index contributed by atoms with van der Waals surface area (Å²) in [6, 6.07) is 9.22. The average molecular weight is 286 g/mol. The van der Waals surface area contributed by atoms with Crippen molar-refractivity contribution in [2.45, 2.75) is 6.42 Å². The standard InChI is InChI=1S/C15H14N2O4/c16-10-3-2-9(11(7-10)14(18)19)5-8-1-4-13(17)12(6-8)15(20)21/h1-4,6-7H,5,16-17H2,(H,18,19)(H,20,21). The summed E-state index contributed by atoms with van der Waals surface area (Å²) in [7, 11) is 0. The minimum atomic E-state index is -1.12. The van der Waals surface area contributed by atoms with E-state index in [1.165, 1.54) is 18.2 Å². The zero-order valence-corrected chi connectivity index (χ0v) is 11.0. The fraction of sp³-hybridized carbons (Fsp3) is 0.0667. The van der Waals surface area contributed by atoms with Crippen LogP contribution in [-0.4, -0.2) is 22.2 Å². The van der Waals surface area contributed by atoms with Gasteiger partial charge in [0.05, 0.1) is 11.1 Å². The predicted molar refractivity (Wildman–Crippen MR) is 78.4 cm³/mol. The third kappa shape index (κ3) is 3.11. The molecule has 0 saturated heterocycles. The van der Waals surface area contributed by atoms with Gasteiger partial charge in [-0.1, -0.05) is 12.1 Å². The van der Waals surface area contributed by atoms with Crippen LogP contribution in [-0.2, 0) is 6.42 Å². The molecule has 0 aliphatic carbocycles. The summed E-state index contributed by atoms with van der Waals surface area (Å²) in [6.07, 6.45) is 0.280. The Hall–Kier alpha value is -3.02. The Labute approximate surface area is 120 Å². The number of anilines is 2. The Kier molecular flexibility index (Phi) is 3.80. The highest BCUT2D eigenvalue weighted by Gasteiger charge is 2.13. The number of benzene rings is 2. The van der Waals surface area contributed by atoms with Crippen molar-refractivity contribution in [1.82, 2.24) is 0 Å². The van der Waals surface area contributed by atoms with Gasteiger partial charge in [-0.3, -0.25) is 0 Å². The molecule has 0 unspecified atom stereocenters. The van der Waals surface area contributed by atoms with Crippen LogP contribution in [0.5, 0.6) is 0 Å². The Morgan fingerprint density at radius 2 is 1.57 bits per heavy atom. The third-order valence-corrected chi connectivity index (χ3v) is 3.11. The molecule has 0 saturated carbocycles. The molecule has 0 aromatic heterocycles. The molecule has 0 aliphatic rings. The first-order chi connectivity index (χ1) is 9.88. The summed E-state index contributed by atoms with van der Waals surface area (Å²) in [4.78, 5) is 22.3. The highest BCUT2D eigenvalue weighted by molar-refractivity contribution is 5.94. The van der Waals surface area contributed by atoms with E-state index in [1.807, 2.05) is 0 Å². The van der Waals surface area contributed by atoms with E-state index >= 15 is 0 Å². The van der Waals surface area contributed by atoms with Crippen molar-refractivity contribution in [3.05, 3.63) is 58.7 Å². The summed E-state index contributed by atoms with van der Waals surface area (Å²) in [6.45, 7) is 0. The first-order valence-corrected chi connectivity index (χ1v) is 6.12. The Morgan fingerprint density at radius 3 is 2.19 bits per heavy atom. The molecule has 2 rings (SSSR count). The number of carbonyl (C=O) groups is 2. The molecular weight excluding hydrogens is 272 g/mol. The second-order valence-corrected chi connectivity index (χ2v) is 4.63. The maximum absolute atomic E-state index is 11.2. The molecule has 0 heterocycles. The lowest BCUT2D eigenvalue weighted by molar-refractivity contribution is 0.0685. The molecule has 0 fully saturated rings. The molecule has 0 spiro atoms. The molecule has 0 aliphatic heterocycles. The Balaban J connectivity index is 2.41. The van der Waals surface area contributed by atoms with Gasteiger partial charge < -0.3 is 21.7 Å². The number of carboxylic acid groups (broad SMARTS) is 2. The maximum atomic E-state index is 11.2. The van der Waals surface area contributed by atoms with E-state index in [-0.39, 0.29) is 23.2 Å². The fourth-order valence-electron chi connectivity index (χ4n) is 2.07. The molecule has 0 radical (unpaired) electrons. The van der Waals surface area contributed by atoms with Crippen LogP contribution in [0.2, 0.25) is 0 Å². The predicted octanol–water partition coefficient (Wildman–Crippen LogP) is 1.84. The minimum absolute atomic E-state index is 0.000167. The van der Waals surface area contributed by atoms with Gasteiger partial charge in [0.15, 0.2) is 0 Å². The number of nitrogens with two attached hydrogens (primary N) is 2. The SMILES string of the molecule is Nc1ccc(Cc2ccc(N)c(C(=O)O)c2)c(C(=O)O)c1. The van der Waals surface area contributed by atoms with Gasteiger partial charge in [-0.2, -0.15) is 0 Å². The van der Waals surface area contributed by atoms with Crippen molar-refractivity contribution < 1.29 is 19.8 Å². The highest BCUT2D eigenvalue weighted by Crippen LogP contribution is 2.21. The van der Waals surface area contributed by atoms with E-state index in [0.717, 1.165) is 0 Å². The van der Waals surface area contributed by atoms with Crippen molar-refractivity contribution in [2.24, 2.45) is 0 Å². The Bertz CT molecular complexity index is 726. The smallest absolute Gasteiger partial charge is 0.337 e. The molecule has 0 atom stereocenters. The van der Waals surface area contributed by atoms with Gasteiger partial charge in [0, 0.05) is 11.4 Å². The molecule has 21 heavy (non-hydrogen) atoms. The van der Waals surface area contributed by atoms with Crippen LogP contribution < -0.4 is 11.5 Å². The van der Waals surface area contributed by atoms with Crippen molar-refractivity contribution in [2.75, 3.05) is 11.5 Å². The fourth-order valence-corrected chi connectivity index (χ4v) is 2.07. The van der Waals surface area contributed by atoms with Gasteiger partial charge in [-0.05, 0) is 41.8 Å². The molecular formula is C15H14N2O4. The van der Waals surface area contributed by atoms with Crippen LogP contribution in [0, 0.1) is 0 Å². The lowest BCUT2D eigenvalue weighted by Gasteiger charge is -2.09. The third-order valence-electron chi connectivity index (χ3n) is 3.11. The molecule has 6 nitrogen and oxygen atoms in total. The number of rotatable bonds is 4. The first-order valence-electron chi connectivity index (χ1n) is 6.12. The zero-order valence-electron chi connectivity index (χ0n) is 11.0. The van der Waals surface area contributed by atoms with Crippen molar-refractivity contribution in [3.8, 4) is 0 Å². The van der Waals surface area contributed by atoms with E-state index in [1.54, 1.807) is 18.2 Å². The second-order valence-electron chi connectivity index (χ2n) is 4.63. The van der Waals surface area contributed by atoms with Crippen LogP contribution in [0.4, 0.5) is 11.4 Å². The molecule has 0 bridgehead atoms. The zero-order chi connectivity index (χ0) is 15.6. The van der Waals surface area contributed by atoms with E-state index in [2.05, 4.69) is 0 Å². The molecule has 2 aromatic rings. The van der Waals surface area contributed by atoms with Gasteiger partial charge in [0.1, 0.15) is 0 Å². The summed E-state index contributed by atoms with van der Waals surface area (Å²) in [5, 5.41) is 18.2. The average Bonchev–Trinajstić information content (AvgIpc) is 2.42. The topological polar surface area (TPSA) is 127 Å². The van der Waals surface area contributed by atoms with Crippen LogP contribution in [0.3, 0.4) is 0 Å². The van der Waals surface area contributed by atoms with Gasteiger partial charge in [0.2, 0.25) is 0 Å². The second kappa shape index (κ2) is 5.54. The Morgan fingerprint density at radius 1 is 0.905 bits per heavy atom. The summed E-state index contributed by atoms with van der Waals surface area (Å²) >= 11 is 0. The first kappa shape index (κ1) is 14.4. The molecule has 0 amide bonds. The van der Waals surface area contributed by atoms with E-state index in [0.29, 0.717) is 16.8 Å². The van der Waals surface area contributed by atoms with Crippen LogP contribution in [0.1, 0.15) is 31.8 Å².